The van der Waals surface area contributed by atoms with E-state index >= 15 is 0 Å². The molecule has 4 rings (SSSR count). The maximum Gasteiger partial charge on any atom is 0.272 e. The summed E-state index contributed by atoms with van der Waals surface area (Å²) in [5.41, 5.74) is 4.52. The maximum atomic E-state index is 12.6. The first-order valence-corrected chi connectivity index (χ1v) is 9.19. The SMILES string of the molecule is CC(NC(=O)c1n[nH]c2c1CNCC2)c1nc(-c2ccccc2)cs1. The summed E-state index contributed by atoms with van der Waals surface area (Å²) < 4.78 is 0. The fourth-order valence-electron chi connectivity index (χ4n) is 2.97. The third-order valence-electron chi connectivity index (χ3n) is 4.33. The van der Waals surface area contributed by atoms with E-state index in [4.69, 9.17) is 0 Å². The Morgan fingerprint density at radius 1 is 1.32 bits per heavy atom. The summed E-state index contributed by atoms with van der Waals surface area (Å²) in [7, 11) is 0. The molecule has 0 saturated heterocycles. The Labute approximate surface area is 149 Å². The highest BCUT2D eigenvalue weighted by Gasteiger charge is 2.23. The Hall–Kier alpha value is -2.51. The number of nitrogens with one attached hydrogen (secondary N) is 3. The number of rotatable bonds is 4. The molecule has 1 aliphatic rings. The van der Waals surface area contributed by atoms with Crippen LogP contribution in [0, 0.1) is 0 Å². The highest BCUT2D eigenvalue weighted by atomic mass is 32.1. The number of amides is 1. The number of hydrogen-bond acceptors (Lipinski definition) is 5. The number of thiazole rings is 1. The van der Waals surface area contributed by atoms with Crippen molar-refractivity contribution < 1.29 is 4.79 Å². The Morgan fingerprint density at radius 2 is 2.16 bits per heavy atom. The molecule has 128 valence electrons. The number of benzene rings is 1. The number of carbonyl (C=O) groups excluding carboxylic acids is 1. The van der Waals surface area contributed by atoms with E-state index in [1.54, 1.807) is 11.3 Å². The summed E-state index contributed by atoms with van der Waals surface area (Å²) in [5.74, 6) is -0.162. The third kappa shape index (κ3) is 3.20. The quantitative estimate of drug-likeness (QED) is 0.673. The molecule has 0 spiro atoms. The summed E-state index contributed by atoms with van der Waals surface area (Å²) in [5, 5.41) is 16.4. The largest absolute Gasteiger partial charge is 0.342 e. The predicted octanol–water partition coefficient (Wildman–Crippen LogP) is 2.67. The molecule has 0 fully saturated rings. The average Bonchev–Trinajstić information content (AvgIpc) is 3.30. The molecular formula is C18H19N5OS. The third-order valence-corrected chi connectivity index (χ3v) is 5.36. The van der Waals surface area contributed by atoms with Gasteiger partial charge in [-0.3, -0.25) is 9.89 Å². The van der Waals surface area contributed by atoms with Crippen LogP contribution in [0.4, 0.5) is 0 Å². The zero-order valence-electron chi connectivity index (χ0n) is 13.9. The van der Waals surface area contributed by atoms with E-state index in [1.807, 2.05) is 42.6 Å². The van der Waals surface area contributed by atoms with E-state index in [9.17, 15) is 4.79 Å². The molecule has 1 aliphatic heterocycles. The summed E-state index contributed by atoms with van der Waals surface area (Å²) in [6, 6.07) is 9.87. The van der Waals surface area contributed by atoms with E-state index in [0.717, 1.165) is 40.5 Å². The first-order valence-electron chi connectivity index (χ1n) is 8.31. The number of fused-ring (bicyclic) bond motifs is 1. The Balaban J connectivity index is 1.49. The second kappa shape index (κ2) is 6.78. The van der Waals surface area contributed by atoms with Gasteiger partial charge in [-0.1, -0.05) is 30.3 Å². The van der Waals surface area contributed by atoms with Gasteiger partial charge >= 0.3 is 0 Å². The molecule has 1 unspecified atom stereocenters. The van der Waals surface area contributed by atoms with E-state index in [2.05, 4.69) is 25.8 Å². The number of aromatic nitrogens is 3. The monoisotopic (exact) mass is 353 g/mol. The van der Waals surface area contributed by atoms with Crippen LogP contribution in [0.15, 0.2) is 35.7 Å². The van der Waals surface area contributed by atoms with Crippen molar-refractivity contribution in [1.29, 1.82) is 0 Å². The van der Waals surface area contributed by atoms with Crippen LogP contribution >= 0.6 is 11.3 Å². The highest BCUT2D eigenvalue weighted by molar-refractivity contribution is 7.10. The van der Waals surface area contributed by atoms with Crippen LogP contribution in [-0.2, 0) is 13.0 Å². The highest BCUT2D eigenvalue weighted by Crippen LogP contribution is 2.25. The number of hydrogen-bond donors (Lipinski definition) is 3. The van der Waals surface area contributed by atoms with Gasteiger partial charge in [-0.2, -0.15) is 5.10 Å². The standard InChI is InChI=1S/C18H19N5OS/c1-11(18-21-15(10-25-18)12-5-3-2-4-6-12)20-17(24)16-13-9-19-8-7-14(13)22-23-16/h2-6,10-11,19H,7-9H2,1H3,(H,20,24)(H,22,23). The normalized spacial score (nSPS) is 14.8. The Bertz CT molecular complexity index is 886. The van der Waals surface area contributed by atoms with Crippen LogP contribution in [0.2, 0.25) is 0 Å². The van der Waals surface area contributed by atoms with Crippen molar-refractivity contribution in [2.45, 2.75) is 25.9 Å². The minimum atomic E-state index is -0.168. The van der Waals surface area contributed by atoms with E-state index in [-0.39, 0.29) is 11.9 Å². The summed E-state index contributed by atoms with van der Waals surface area (Å²) >= 11 is 1.55. The smallest absolute Gasteiger partial charge is 0.272 e. The van der Waals surface area contributed by atoms with Gasteiger partial charge in [0.15, 0.2) is 5.69 Å². The van der Waals surface area contributed by atoms with Crippen LogP contribution < -0.4 is 10.6 Å². The summed E-state index contributed by atoms with van der Waals surface area (Å²) in [6.45, 7) is 3.54. The second-order valence-electron chi connectivity index (χ2n) is 6.09. The molecule has 0 aliphatic carbocycles. The molecule has 7 heteroatoms. The fourth-order valence-corrected chi connectivity index (χ4v) is 3.80. The van der Waals surface area contributed by atoms with Gasteiger partial charge in [0, 0.05) is 41.7 Å². The van der Waals surface area contributed by atoms with E-state index in [0.29, 0.717) is 12.2 Å². The first-order chi connectivity index (χ1) is 12.2. The lowest BCUT2D eigenvalue weighted by Crippen LogP contribution is -2.30. The van der Waals surface area contributed by atoms with Crippen molar-refractivity contribution in [3.8, 4) is 11.3 Å². The van der Waals surface area contributed by atoms with Gasteiger partial charge in [0.05, 0.1) is 11.7 Å². The van der Waals surface area contributed by atoms with Crippen molar-refractivity contribution in [2.75, 3.05) is 6.54 Å². The number of nitrogens with zero attached hydrogens (tertiary/aromatic N) is 2. The molecule has 2 aromatic heterocycles. The first kappa shape index (κ1) is 16.0. The van der Waals surface area contributed by atoms with Gasteiger partial charge in [0.2, 0.25) is 0 Å². The molecular weight excluding hydrogens is 334 g/mol. The molecule has 1 amide bonds. The average molecular weight is 353 g/mol. The fraction of sp³-hybridized carbons (Fsp3) is 0.278. The topological polar surface area (TPSA) is 82.7 Å². The minimum absolute atomic E-state index is 0.162. The van der Waals surface area contributed by atoms with Gasteiger partial charge in [0.25, 0.3) is 5.91 Å². The van der Waals surface area contributed by atoms with Crippen molar-refractivity contribution >= 4 is 17.2 Å². The maximum absolute atomic E-state index is 12.6. The van der Waals surface area contributed by atoms with Crippen molar-refractivity contribution in [2.24, 2.45) is 0 Å². The molecule has 0 bridgehead atoms. The molecule has 1 atom stereocenters. The zero-order valence-corrected chi connectivity index (χ0v) is 14.7. The lowest BCUT2D eigenvalue weighted by molar-refractivity contribution is 0.0933. The van der Waals surface area contributed by atoms with Crippen molar-refractivity contribution in [3.63, 3.8) is 0 Å². The Morgan fingerprint density at radius 3 is 3.00 bits per heavy atom. The van der Waals surface area contributed by atoms with Gasteiger partial charge in [-0.05, 0) is 6.92 Å². The van der Waals surface area contributed by atoms with E-state index in [1.165, 1.54) is 0 Å². The van der Waals surface area contributed by atoms with Gasteiger partial charge < -0.3 is 10.6 Å². The van der Waals surface area contributed by atoms with Crippen LogP contribution in [0.1, 0.15) is 39.7 Å². The number of carbonyl (C=O) groups is 1. The van der Waals surface area contributed by atoms with Crippen LogP contribution in [-0.4, -0.2) is 27.6 Å². The van der Waals surface area contributed by atoms with E-state index < -0.39 is 0 Å². The molecule has 1 aromatic carbocycles. The summed E-state index contributed by atoms with van der Waals surface area (Å²) in [4.78, 5) is 17.3. The predicted molar refractivity (Wildman–Crippen MR) is 97.4 cm³/mol. The Kier molecular flexibility index (Phi) is 4.33. The van der Waals surface area contributed by atoms with Gasteiger partial charge in [-0.15, -0.1) is 11.3 Å². The van der Waals surface area contributed by atoms with Gasteiger partial charge in [-0.25, -0.2) is 4.98 Å². The van der Waals surface area contributed by atoms with Crippen LogP contribution in [0.5, 0.6) is 0 Å². The number of H-pyrrole nitrogens is 1. The summed E-state index contributed by atoms with van der Waals surface area (Å²) in [6.07, 6.45) is 0.873. The minimum Gasteiger partial charge on any atom is -0.342 e. The molecule has 25 heavy (non-hydrogen) atoms. The van der Waals surface area contributed by atoms with Crippen LogP contribution in [0.25, 0.3) is 11.3 Å². The molecule has 0 radical (unpaired) electrons. The lowest BCUT2D eigenvalue weighted by Gasteiger charge is -2.14. The lowest BCUT2D eigenvalue weighted by atomic mass is 10.1. The second-order valence-corrected chi connectivity index (χ2v) is 6.98. The molecule has 3 heterocycles. The van der Waals surface area contributed by atoms with Crippen molar-refractivity contribution in [1.82, 2.24) is 25.8 Å². The number of aromatic amines is 1. The molecule has 6 nitrogen and oxygen atoms in total. The van der Waals surface area contributed by atoms with Crippen molar-refractivity contribution in [3.05, 3.63) is 57.7 Å². The molecule has 0 saturated carbocycles. The van der Waals surface area contributed by atoms with Crippen LogP contribution in [0.3, 0.4) is 0 Å². The van der Waals surface area contributed by atoms with Gasteiger partial charge in [0.1, 0.15) is 5.01 Å². The zero-order chi connectivity index (χ0) is 17.2. The molecule has 3 N–H and O–H groups in total. The molecule has 3 aromatic rings.